The Morgan fingerprint density at radius 3 is 2.52 bits per heavy atom. The fourth-order valence-corrected chi connectivity index (χ4v) is 4.31. The quantitative estimate of drug-likeness (QED) is 0.852. The van der Waals surface area contributed by atoms with Crippen molar-refractivity contribution >= 4 is 28.9 Å². The van der Waals surface area contributed by atoms with Gasteiger partial charge in [0.2, 0.25) is 11.8 Å². The van der Waals surface area contributed by atoms with Gasteiger partial charge in [0, 0.05) is 43.1 Å². The number of carbonyl (C=O) groups excluding carboxylic acids is 2. The van der Waals surface area contributed by atoms with Crippen molar-refractivity contribution in [2.24, 2.45) is 11.8 Å². The molecule has 5 nitrogen and oxygen atoms in total. The number of hydrogen-bond acceptors (Lipinski definition) is 3. The molecule has 2 unspecified atom stereocenters. The Hall–Kier alpha value is -2.82. The minimum Gasteiger partial charge on any atom is -0.371 e. The van der Waals surface area contributed by atoms with E-state index in [0.717, 1.165) is 41.5 Å². The highest BCUT2D eigenvalue weighted by Gasteiger charge is 2.35. The maximum atomic E-state index is 12.8. The van der Waals surface area contributed by atoms with E-state index in [9.17, 15) is 9.59 Å². The number of amides is 2. The van der Waals surface area contributed by atoms with E-state index in [1.807, 2.05) is 44.2 Å². The highest BCUT2D eigenvalue weighted by molar-refractivity contribution is 6.04. The number of benzene rings is 2. The topological polar surface area (TPSA) is 52.7 Å². The summed E-state index contributed by atoms with van der Waals surface area (Å²) in [5.41, 5.74) is 5.13. The molecule has 2 fully saturated rings. The zero-order valence-corrected chi connectivity index (χ0v) is 17.4. The molecule has 0 aliphatic carbocycles. The molecule has 0 saturated carbocycles. The van der Waals surface area contributed by atoms with Crippen LogP contribution in [0.4, 0.5) is 17.1 Å². The van der Waals surface area contributed by atoms with Crippen LogP contribution < -0.4 is 15.1 Å². The molecule has 152 valence electrons. The lowest BCUT2D eigenvalue weighted by Gasteiger charge is -2.20. The van der Waals surface area contributed by atoms with Crippen molar-refractivity contribution in [3.05, 3.63) is 53.6 Å². The average molecular weight is 392 g/mol. The molecular weight excluding hydrogens is 362 g/mol. The number of hydrogen-bond donors (Lipinski definition) is 1. The van der Waals surface area contributed by atoms with Gasteiger partial charge in [0.05, 0.1) is 5.92 Å². The molecule has 0 aromatic heterocycles. The Labute approximate surface area is 172 Å². The molecule has 2 aliphatic rings. The molecule has 0 spiro atoms. The van der Waals surface area contributed by atoms with Crippen LogP contribution in [0.25, 0.3) is 0 Å². The highest BCUT2D eigenvalue weighted by Crippen LogP contribution is 2.30. The summed E-state index contributed by atoms with van der Waals surface area (Å²) >= 11 is 0. The molecule has 2 saturated heterocycles. The smallest absolute Gasteiger partial charge is 0.229 e. The molecule has 5 heteroatoms. The number of carbonyl (C=O) groups is 2. The Bertz CT molecular complexity index is 922. The Morgan fingerprint density at radius 2 is 1.83 bits per heavy atom. The van der Waals surface area contributed by atoms with E-state index in [1.165, 1.54) is 12.1 Å². The predicted molar refractivity (Wildman–Crippen MR) is 117 cm³/mol. The van der Waals surface area contributed by atoms with Crippen LogP contribution in [-0.2, 0) is 9.59 Å². The average Bonchev–Trinajstić information content (AvgIpc) is 3.30. The third-order valence-corrected chi connectivity index (χ3v) is 6.29. The van der Waals surface area contributed by atoms with E-state index in [1.54, 1.807) is 4.90 Å². The van der Waals surface area contributed by atoms with Crippen LogP contribution in [0.5, 0.6) is 0 Å². The third-order valence-electron chi connectivity index (χ3n) is 6.29. The summed E-state index contributed by atoms with van der Waals surface area (Å²) in [6.07, 6.45) is 1.48. The van der Waals surface area contributed by atoms with E-state index < -0.39 is 0 Å². The van der Waals surface area contributed by atoms with Gasteiger partial charge in [-0.1, -0.05) is 19.1 Å². The van der Waals surface area contributed by atoms with Crippen LogP contribution >= 0.6 is 0 Å². The van der Waals surface area contributed by atoms with Gasteiger partial charge in [-0.05, 0) is 67.6 Å². The van der Waals surface area contributed by atoms with Crippen molar-refractivity contribution in [1.82, 2.24) is 0 Å². The lowest BCUT2D eigenvalue weighted by atomic mass is 10.1. The Morgan fingerprint density at radius 1 is 1.07 bits per heavy atom. The van der Waals surface area contributed by atoms with Crippen molar-refractivity contribution < 1.29 is 9.59 Å². The lowest BCUT2D eigenvalue weighted by Crippen LogP contribution is -2.28. The molecular formula is C24H29N3O2. The van der Waals surface area contributed by atoms with Crippen molar-refractivity contribution in [3.63, 3.8) is 0 Å². The summed E-state index contributed by atoms with van der Waals surface area (Å²) in [5, 5.41) is 2.99. The summed E-state index contributed by atoms with van der Waals surface area (Å²) in [6, 6.07) is 14.0. The van der Waals surface area contributed by atoms with Crippen molar-refractivity contribution in [2.45, 2.75) is 33.6 Å². The van der Waals surface area contributed by atoms with Gasteiger partial charge in [-0.25, -0.2) is 0 Å². The fraction of sp³-hybridized carbons (Fsp3) is 0.417. The Kier molecular flexibility index (Phi) is 5.31. The SMILES string of the molecule is Cc1cccc(N2CC(C(=O)Nc3ccc(N4CCC(C)C4)cc3)CC2=O)c1C. The first kappa shape index (κ1) is 19.5. The molecule has 4 rings (SSSR count). The zero-order chi connectivity index (χ0) is 20.5. The third kappa shape index (κ3) is 4.00. The number of aryl methyl sites for hydroxylation is 1. The summed E-state index contributed by atoms with van der Waals surface area (Å²) < 4.78 is 0. The first-order valence-electron chi connectivity index (χ1n) is 10.4. The largest absolute Gasteiger partial charge is 0.371 e. The molecule has 2 atom stereocenters. The van der Waals surface area contributed by atoms with Gasteiger partial charge in [-0.2, -0.15) is 0 Å². The maximum Gasteiger partial charge on any atom is 0.229 e. The molecule has 2 aromatic rings. The highest BCUT2D eigenvalue weighted by atomic mass is 16.2. The molecule has 29 heavy (non-hydrogen) atoms. The zero-order valence-electron chi connectivity index (χ0n) is 17.4. The van der Waals surface area contributed by atoms with Gasteiger partial charge in [-0.3, -0.25) is 9.59 Å². The fourth-order valence-electron chi connectivity index (χ4n) is 4.31. The summed E-state index contributed by atoms with van der Waals surface area (Å²) in [4.78, 5) is 29.5. The molecule has 0 radical (unpaired) electrons. The molecule has 2 heterocycles. The lowest BCUT2D eigenvalue weighted by molar-refractivity contribution is -0.122. The van der Waals surface area contributed by atoms with E-state index in [-0.39, 0.29) is 24.2 Å². The standard InChI is InChI=1S/C24H29N3O2/c1-16-11-12-26(14-16)21-9-7-20(8-10-21)25-24(29)19-13-23(28)27(15-19)22-6-4-5-17(2)18(22)3/h4-10,16,19H,11-15H2,1-3H3,(H,25,29). The normalized spacial score (nSPS) is 21.7. The number of rotatable bonds is 4. The molecule has 0 bridgehead atoms. The van der Waals surface area contributed by atoms with Gasteiger partial charge in [0.25, 0.3) is 0 Å². The first-order chi connectivity index (χ1) is 13.9. The number of anilines is 3. The summed E-state index contributed by atoms with van der Waals surface area (Å²) in [5.74, 6) is 0.321. The van der Waals surface area contributed by atoms with E-state index in [4.69, 9.17) is 0 Å². The number of nitrogens with zero attached hydrogens (tertiary/aromatic N) is 2. The van der Waals surface area contributed by atoms with Crippen molar-refractivity contribution in [1.29, 1.82) is 0 Å². The van der Waals surface area contributed by atoms with Gasteiger partial charge >= 0.3 is 0 Å². The predicted octanol–water partition coefficient (Wildman–Crippen LogP) is 4.14. The van der Waals surface area contributed by atoms with Crippen molar-refractivity contribution in [2.75, 3.05) is 34.8 Å². The molecule has 2 aromatic carbocycles. The van der Waals surface area contributed by atoms with Crippen LogP contribution in [0.15, 0.2) is 42.5 Å². The first-order valence-corrected chi connectivity index (χ1v) is 10.4. The van der Waals surface area contributed by atoms with E-state index in [2.05, 4.69) is 29.3 Å². The van der Waals surface area contributed by atoms with Gasteiger partial charge in [0.15, 0.2) is 0 Å². The second-order valence-electron chi connectivity index (χ2n) is 8.50. The van der Waals surface area contributed by atoms with E-state index in [0.29, 0.717) is 6.54 Å². The van der Waals surface area contributed by atoms with Gasteiger partial charge in [0.1, 0.15) is 0 Å². The van der Waals surface area contributed by atoms with Crippen LogP contribution in [0.3, 0.4) is 0 Å². The van der Waals surface area contributed by atoms with Crippen LogP contribution in [0.1, 0.15) is 30.9 Å². The summed E-state index contributed by atoms with van der Waals surface area (Å²) in [7, 11) is 0. The molecule has 2 aliphatic heterocycles. The van der Waals surface area contributed by atoms with Gasteiger partial charge in [-0.15, -0.1) is 0 Å². The number of nitrogens with one attached hydrogen (secondary N) is 1. The minimum absolute atomic E-state index is 0.0114. The molecule has 2 amide bonds. The van der Waals surface area contributed by atoms with Crippen molar-refractivity contribution in [3.8, 4) is 0 Å². The van der Waals surface area contributed by atoms with Gasteiger partial charge < -0.3 is 15.1 Å². The van der Waals surface area contributed by atoms with E-state index >= 15 is 0 Å². The van der Waals surface area contributed by atoms with Crippen LogP contribution in [0, 0.1) is 25.7 Å². The minimum atomic E-state index is -0.332. The maximum absolute atomic E-state index is 12.8. The molecule has 1 N–H and O–H groups in total. The Balaban J connectivity index is 1.40. The second-order valence-corrected chi connectivity index (χ2v) is 8.50. The van der Waals surface area contributed by atoms with Crippen LogP contribution in [0.2, 0.25) is 0 Å². The van der Waals surface area contributed by atoms with Crippen LogP contribution in [-0.4, -0.2) is 31.4 Å². The monoisotopic (exact) mass is 391 g/mol. The summed E-state index contributed by atoms with van der Waals surface area (Å²) in [6.45, 7) is 8.94. The second kappa shape index (κ2) is 7.90.